The fourth-order valence-corrected chi connectivity index (χ4v) is 1.45. The van der Waals surface area contributed by atoms with Crippen LogP contribution in [0, 0.1) is 28.6 Å². The van der Waals surface area contributed by atoms with Crippen molar-refractivity contribution in [1.82, 2.24) is 0 Å². The van der Waals surface area contributed by atoms with Gasteiger partial charge >= 0.3 is 0 Å². The summed E-state index contributed by atoms with van der Waals surface area (Å²) in [5.41, 5.74) is 0.856. The second-order valence-corrected chi connectivity index (χ2v) is 3.14. The summed E-state index contributed by atoms with van der Waals surface area (Å²) < 4.78 is 0. The summed E-state index contributed by atoms with van der Waals surface area (Å²) >= 11 is 0. The monoisotopic (exact) mass is 160 g/mol. The second-order valence-electron chi connectivity index (χ2n) is 3.14. The van der Waals surface area contributed by atoms with Gasteiger partial charge in [-0.3, -0.25) is 0 Å². The summed E-state index contributed by atoms with van der Waals surface area (Å²) in [4.78, 5) is 0. The first-order chi connectivity index (χ1) is 5.86. The van der Waals surface area contributed by atoms with E-state index in [2.05, 4.69) is 12.1 Å². The van der Waals surface area contributed by atoms with Gasteiger partial charge in [-0.05, 0) is 32.1 Å². The minimum Gasteiger partial charge on any atom is -0.198 e. The molecule has 0 spiro atoms. The lowest BCUT2D eigenvalue weighted by molar-refractivity contribution is 0.526. The van der Waals surface area contributed by atoms with Crippen LogP contribution < -0.4 is 0 Å². The van der Waals surface area contributed by atoms with Crippen LogP contribution >= 0.6 is 0 Å². The van der Waals surface area contributed by atoms with Crippen LogP contribution in [0.5, 0.6) is 0 Å². The van der Waals surface area contributed by atoms with Gasteiger partial charge in [-0.2, -0.15) is 10.5 Å². The van der Waals surface area contributed by atoms with Gasteiger partial charge in [0.2, 0.25) is 0 Å². The molecule has 1 atom stereocenters. The molecule has 0 aromatic rings. The lowest BCUT2D eigenvalue weighted by atomic mass is 9.92. The summed E-state index contributed by atoms with van der Waals surface area (Å²) in [5, 5.41) is 17.4. The molecule has 0 aromatic carbocycles. The van der Waals surface area contributed by atoms with E-state index in [0.717, 1.165) is 37.7 Å². The molecule has 0 heterocycles. The third-order valence-corrected chi connectivity index (χ3v) is 2.24. The molecule has 1 aliphatic rings. The molecule has 0 fully saturated rings. The van der Waals surface area contributed by atoms with Crippen LogP contribution in [-0.4, -0.2) is 0 Å². The fraction of sp³-hybridized carbons (Fsp3) is 0.600. The SMILES string of the molecule is N#C/C1=C/CCCC(C#N)CC1. The van der Waals surface area contributed by atoms with Crippen molar-refractivity contribution < 1.29 is 0 Å². The largest absolute Gasteiger partial charge is 0.198 e. The molecule has 1 rings (SSSR count). The minimum atomic E-state index is 0.169. The highest BCUT2D eigenvalue weighted by Gasteiger charge is 2.10. The van der Waals surface area contributed by atoms with E-state index in [9.17, 15) is 0 Å². The van der Waals surface area contributed by atoms with Crippen molar-refractivity contribution >= 4 is 0 Å². The average Bonchev–Trinajstić information content (AvgIpc) is 2.05. The van der Waals surface area contributed by atoms with Gasteiger partial charge in [0.25, 0.3) is 0 Å². The van der Waals surface area contributed by atoms with E-state index in [0.29, 0.717) is 0 Å². The van der Waals surface area contributed by atoms with Gasteiger partial charge in [-0.1, -0.05) is 6.08 Å². The molecule has 0 N–H and O–H groups in total. The van der Waals surface area contributed by atoms with Crippen LogP contribution in [0.2, 0.25) is 0 Å². The van der Waals surface area contributed by atoms with Gasteiger partial charge in [-0.25, -0.2) is 0 Å². The Bertz CT molecular complexity index is 252. The Morgan fingerprint density at radius 1 is 1.33 bits per heavy atom. The minimum absolute atomic E-state index is 0.169. The van der Waals surface area contributed by atoms with E-state index < -0.39 is 0 Å². The van der Waals surface area contributed by atoms with E-state index >= 15 is 0 Å². The average molecular weight is 160 g/mol. The first kappa shape index (κ1) is 8.81. The summed E-state index contributed by atoms with van der Waals surface area (Å²) in [6.45, 7) is 0. The highest BCUT2D eigenvalue weighted by Crippen LogP contribution is 2.21. The van der Waals surface area contributed by atoms with Crippen LogP contribution in [0.4, 0.5) is 0 Å². The molecule has 0 saturated heterocycles. The van der Waals surface area contributed by atoms with Crippen LogP contribution in [0.1, 0.15) is 32.1 Å². The standard InChI is InChI=1S/C10H12N2/c11-7-9-3-1-2-4-10(8-12)6-5-9/h3,10H,1-2,4-6H2/b9-3+. The van der Waals surface area contributed by atoms with Gasteiger partial charge < -0.3 is 0 Å². The maximum absolute atomic E-state index is 8.71. The number of hydrogen-bond acceptors (Lipinski definition) is 2. The Hall–Kier alpha value is -1.28. The quantitative estimate of drug-likeness (QED) is 0.546. The van der Waals surface area contributed by atoms with Crippen LogP contribution in [0.25, 0.3) is 0 Å². The lowest BCUT2D eigenvalue weighted by Gasteiger charge is -2.10. The maximum Gasteiger partial charge on any atom is 0.0943 e. The highest BCUT2D eigenvalue weighted by atomic mass is 14.3. The molecule has 1 unspecified atom stereocenters. The lowest BCUT2D eigenvalue weighted by Crippen LogP contribution is -2.00. The Morgan fingerprint density at radius 2 is 2.17 bits per heavy atom. The Labute approximate surface area is 73.1 Å². The summed E-state index contributed by atoms with van der Waals surface area (Å²) in [7, 11) is 0. The number of hydrogen-bond donors (Lipinski definition) is 0. The number of allylic oxidation sites excluding steroid dienone is 2. The Balaban J connectivity index is 2.55. The van der Waals surface area contributed by atoms with E-state index in [-0.39, 0.29) is 5.92 Å². The molecule has 1 aliphatic carbocycles. The van der Waals surface area contributed by atoms with Gasteiger partial charge in [0.1, 0.15) is 0 Å². The fourth-order valence-electron chi connectivity index (χ4n) is 1.45. The van der Waals surface area contributed by atoms with Crippen LogP contribution in [-0.2, 0) is 0 Å². The molecule has 62 valence electrons. The van der Waals surface area contributed by atoms with Crippen molar-refractivity contribution in [1.29, 1.82) is 10.5 Å². The zero-order valence-electron chi connectivity index (χ0n) is 7.08. The third kappa shape index (κ3) is 2.40. The Kier molecular flexibility index (Phi) is 3.35. The smallest absolute Gasteiger partial charge is 0.0943 e. The first-order valence-electron chi connectivity index (χ1n) is 4.35. The molecular formula is C10H12N2. The van der Waals surface area contributed by atoms with Gasteiger partial charge in [0.05, 0.1) is 12.1 Å². The van der Waals surface area contributed by atoms with Crippen LogP contribution in [0.3, 0.4) is 0 Å². The maximum atomic E-state index is 8.71. The third-order valence-electron chi connectivity index (χ3n) is 2.24. The zero-order chi connectivity index (χ0) is 8.81. The van der Waals surface area contributed by atoms with E-state index in [4.69, 9.17) is 10.5 Å². The highest BCUT2D eigenvalue weighted by molar-refractivity contribution is 5.21. The van der Waals surface area contributed by atoms with Gasteiger partial charge in [-0.15, -0.1) is 0 Å². The van der Waals surface area contributed by atoms with Crippen molar-refractivity contribution in [2.45, 2.75) is 32.1 Å². The molecular weight excluding hydrogens is 148 g/mol. The van der Waals surface area contributed by atoms with E-state index in [1.165, 1.54) is 0 Å². The molecule has 0 radical (unpaired) electrons. The normalized spacial score (nSPS) is 28.5. The zero-order valence-corrected chi connectivity index (χ0v) is 7.08. The predicted molar refractivity (Wildman–Crippen MR) is 45.9 cm³/mol. The number of nitriles is 2. The molecule has 12 heavy (non-hydrogen) atoms. The summed E-state index contributed by atoms with van der Waals surface area (Å²) in [5.74, 6) is 0.169. The predicted octanol–water partition coefficient (Wildman–Crippen LogP) is 2.54. The van der Waals surface area contributed by atoms with Gasteiger partial charge in [0, 0.05) is 11.5 Å². The molecule has 0 aromatic heterocycles. The molecule has 2 heteroatoms. The van der Waals surface area contributed by atoms with Crippen molar-refractivity contribution in [3.63, 3.8) is 0 Å². The first-order valence-corrected chi connectivity index (χ1v) is 4.35. The number of rotatable bonds is 0. The van der Waals surface area contributed by atoms with Crippen molar-refractivity contribution in [2.24, 2.45) is 5.92 Å². The van der Waals surface area contributed by atoms with Crippen molar-refractivity contribution in [2.75, 3.05) is 0 Å². The van der Waals surface area contributed by atoms with Crippen molar-refractivity contribution in [3.05, 3.63) is 11.6 Å². The van der Waals surface area contributed by atoms with E-state index in [1.54, 1.807) is 0 Å². The molecule has 0 bridgehead atoms. The summed E-state index contributed by atoms with van der Waals surface area (Å²) in [6, 6.07) is 4.45. The van der Waals surface area contributed by atoms with Crippen molar-refractivity contribution in [3.8, 4) is 12.1 Å². The Morgan fingerprint density at radius 3 is 2.83 bits per heavy atom. The molecule has 0 aliphatic heterocycles. The molecule has 0 amide bonds. The van der Waals surface area contributed by atoms with E-state index in [1.807, 2.05) is 6.08 Å². The topological polar surface area (TPSA) is 47.6 Å². The van der Waals surface area contributed by atoms with Crippen LogP contribution in [0.15, 0.2) is 11.6 Å². The molecule has 0 saturated carbocycles. The molecule has 2 nitrogen and oxygen atoms in total. The summed E-state index contributed by atoms with van der Waals surface area (Å²) in [6.07, 6.45) is 6.65. The number of nitrogens with zero attached hydrogens (tertiary/aromatic N) is 2. The van der Waals surface area contributed by atoms with Gasteiger partial charge in [0.15, 0.2) is 0 Å². The second kappa shape index (κ2) is 4.57.